The first-order valence-electron chi connectivity index (χ1n) is 13.7. The van der Waals surface area contributed by atoms with Gasteiger partial charge in [0.25, 0.3) is 0 Å². The van der Waals surface area contributed by atoms with Gasteiger partial charge in [0.2, 0.25) is 0 Å². The second-order valence-electron chi connectivity index (χ2n) is 10.8. The molecule has 41 heavy (non-hydrogen) atoms. The van der Waals surface area contributed by atoms with E-state index in [0.29, 0.717) is 0 Å². The summed E-state index contributed by atoms with van der Waals surface area (Å²) in [7, 11) is -4.00. The molecule has 0 aromatic heterocycles. The fourth-order valence-electron chi connectivity index (χ4n) is 5.46. The molecular weight excluding hydrogens is 570 g/mol. The standard InChI is InChI=1S/C28H36F6N4O2S/c1-41(39,40)26-9-6-23(20-25(26)28(32,33)34)35-22-10-14-36(15-11-22)12-2-3-13-37-16-18-38(19-17-37)24-7-4-21(5-8-24)27(29,30)31/h4-9,20,22,35H,2-3,10-19H2,1H3. The molecule has 0 unspecified atom stereocenters. The Morgan fingerprint density at radius 1 is 0.780 bits per heavy atom. The number of alkyl halides is 6. The molecule has 1 N–H and O–H groups in total. The molecule has 0 bridgehead atoms. The maximum atomic E-state index is 13.5. The smallest absolute Gasteiger partial charge is 0.382 e. The molecule has 0 amide bonds. The van der Waals surface area contributed by atoms with Crippen molar-refractivity contribution in [1.29, 1.82) is 0 Å². The van der Waals surface area contributed by atoms with Crippen LogP contribution >= 0.6 is 0 Å². The number of unbranched alkanes of at least 4 members (excludes halogenated alkanes) is 1. The summed E-state index contributed by atoms with van der Waals surface area (Å²) in [6, 6.07) is 8.62. The summed E-state index contributed by atoms with van der Waals surface area (Å²) >= 11 is 0. The van der Waals surface area contributed by atoms with Crippen molar-refractivity contribution in [2.75, 3.05) is 68.8 Å². The van der Waals surface area contributed by atoms with E-state index in [9.17, 15) is 34.8 Å². The predicted molar refractivity (Wildman–Crippen MR) is 147 cm³/mol. The maximum absolute atomic E-state index is 13.5. The number of sulfone groups is 1. The van der Waals surface area contributed by atoms with Gasteiger partial charge in [0, 0.05) is 62.9 Å². The quantitative estimate of drug-likeness (QED) is 0.296. The second kappa shape index (κ2) is 12.8. The first-order chi connectivity index (χ1) is 19.2. The van der Waals surface area contributed by atoms with Gasteiger partial charge in [-0.05, 0) is 81.2 Å². The van der Waals surface area contributed by atoms with Crippen molar-refractivity contribution in [2.45, 2.75) is 49.0 Å². The number of piperidine rings is 1. The first kappa shape index (κ1) is 31.4. The molecule has 6 nitrogen and oxygen atoms in total. The van der Waals surface area contributed by atoms with E-state index in [1.807, 2.05) is 0 Å². The van der Waals surface area contributed by atoms with E-state index < -0.39 is 38.2 Å². The molecule has 2 fully saturated rings. The van der Waals surface area contributed by atoms with Gasteiger partial charge in [0.15, 0.2) is 9.84 Å². The SMILES string of the molecule is CS(=O)(=O)c1ccc(NC2CCN(CCCCN3CCN(c4ccc(C(F)(F)F)cc4)CC3)CC2)cc1C(F)(F)F. The number of likely N-dealkylation sites (tertiary alicyclic amines) is 1. The molecule has 0 atom stereocenters. The van der Waals surface area contributed by atoms with E-state index in [1.165, 1.54) is 18.2 Å². The van der Waals surface area contributed by atoms with Crippen LogP contribution in [0.25, 0.3) is 0 Å². The van der Waals surface area contributed by atoms with Crippen molar-refractivity contribution < 1.29 is 34.8 Å². The van der Waals surface area contributed by atoms with Gasteiger partial charge in [-0.1, -0.05) is 0 Å². The topological polar surface area (TPSA) is 55.9 Å². The largest absolute Gasteiger partial charge is 0.417 e. The number of nitrogens with zero attached hydrogens (tertiary/aromatic N) is 3. The average Bonchev–Trinajstić information content (AvgIpc) is 2.91. The second-order valence-corrected chi connectivity index (χ2v) is 12.8. The highest BCUT2D eigenvalue weighted by molar-refractivity contribution is 7.90. The normalized spacial score (nSPS) is 18.6. The number of halogens is 6. The minimum Gasteiger partial charge on any atom is -0.382 e. The zero-order chi connectivity index (χ0) is 29.8. The van der Waals surface area contributed by atoms with E-state index in [2.05, 4.69) is 20.0 Å². The van der Waals surface area contributed by atoms with Crippen LogP contribution in [0.4, 0.5) is 37.7 Å². The minimum atomic E-state index is -4.76. The lowest BCUT2D eigenvalue weighted by molar-refractivity contribution is -0.140. The fourth-order valence-corrected chi connectivity index (χ4v) is 6.35. The summed E-state index contributed by atoms with van der Waals surface area (Å²) in [5, 5.41) is 3.15. The van der Waals surface area contributed by atoms with Crippen LogP contribution in [-0.2, 0) is 22.2 Å². The van der Waals surface area contributed by atoms with E-state index >= 15 is 0 Å². The Bertz CT molecular complexity index is 1250. The maximum Gasteiger partial charge on any atom is 0.417 e. The zero-order valence-electron chi connectivity index (χ0n) is 22.9. The molecule has 2 aromatic rings. The molecule has 0 spiro atoms. The molecular formula is C28H36F6N4O2S. The molecule has 2 aromatic carbocycles. The molecule has 0 aliphatic carbocycles. The van der Waals surface area contributed by atoms with Crippen molar-refractivity contribution >= 4 is 21.2 Å². The monoisotopic (exact) mass is 606 g/mol. The summed E-state index contributed by atoms with van der Waals surface area (Å²) in [5.41, 5.74) is -0.714. The fraction of sp³-hybridized carbons (Fsp3) is 0.571. The van der Waals surface area contributed by atoms with Crippen LogP contribution in [0.15, 0.2) is 47.4 Å². The lowest BCUT2D eigenvalue weighted by Gasteiger charge is -2.36. The van der Waals surface area contributed by atoms with Crippen molar-refractivity contribution in [1.82, 2.24) is 9.80 Å². The summed E-state index contributed by atoms with van der Waals surface area (Å²) < 4.78 is 102. The minimum absolute atomic E-state index is 0.0115. The Morgan fingerprint density at radius 2 is 1.34 bits per heavy atom. The van der Waals surface area contributed by atoms with Crippen molar-refractivity contribution in [3.8, 4) is 0 Å². The molecule has 0 saturated carbocycles. The van der Waals surface area contributed by atoms with Crippen LogP contribution < -0.4 is 10.2 Å². The lowest BCUT2D eigenvalue weighted by Crippen LogP contribution is -2.46. The third-order valence-electron chi connectivity index (χ3n) is 7.77. The predicted octanol–water partition coefficient (Wildman–Crippen LogP) is 5.61. The lowest BCUT2D eigenvalue weighted by atomic mass is 10.0. The number of hydrogen-bond acceptors (Lipinski definition) is 6. The van der Waals surface area contributed by atoms with E-state index in [0.717, 1.165) is 114 Å². The molecule has 0 radical (unpaired) electrons. The van der Waals surface area contributed by atoms with Gasteiger partial charge in [-0.2, -0.15) is 26.3 Å². The highest BCUT2D eigenvalue weighted by atomic mass is 32.2. The Morgan fingerprint density at radius 3 is 1.85 bits per heavy atom. The number of hydrogen-bond donors (Lipinski definition) is 1. The summed E-state index contributed by atoms with van der Waals surface area (Å²) in [4.78, 5) is 6.13. The van der Waals surface area contributed by atoms with Crippen LogP contribution in [0.3, 0.4) is 0 Å². The number of benzene rings is 2. The third kappa shape index (κ3) is 8.74. The Kier molecular flexibility index (Phi) is 9.80. The molecule has 228 valence electrons. The van der Waals surface area contributed by atoms with Gasteiger partial charge in [-0.3, -0.25) is 4.90 Å². The van der Waals surface area contributed by atoms with Crippen molar-refractivity contribution in [3.63, 3.8) is 0 Å². The van der Waals surface area contributed by atoms with Crippen LogP contribution in [0, 0.1) is 0 Å². The molecule has 2 aliphatic heterocycles. The molecule has 13 heteroatoms. The number of anilines is 2. The summed E-state index contributed by atoms with van der Waals surface area (Å²) in [5.74, 6) is 0. The highest BCUT2D eigenvalue weighted by Crippen LogP contribution is 2.36. The Hall–Kier alpha value is -2.51. The van der Waals surface area contributed by atoms with E-state index in [-0.39, 0.29) is 11.7 Å². The molecule has 4 rings (SSSR count). The van der Waals surface area contributed by atoms with Gasteiger partial charge in [-0.25, -0.2) is 8.42 Å². The van der Waals surface area contributed by atoms with Crippen LogP contribution in [0.2, 0.25) is 0 Å². The van der Waals surface area contributed by atoms with Gasteiger partial charge >= 0.3 is 12.4 Å². The number of nitrogens with one attached hydrogen (secondary N) is 1. The van der Waals surface area contributed by atoms with Crippen LogP contribution in [0.5, 0.6) is 0 Å². The van der Waals surface area contributed by atoms with Gasteiger partial charge < -0.3 is 15.1 Å². The van der Waals surface area contributed by atoms with Crippen molar-refractivity contribution in [2.24, 2.45) is 0 Å². The summed E-state index contributed by atoms with van der Waals surface area (Å²) in [6.07, 6.45) is -4.71. The van der Waals surface area contributed by atoms with Crippen LogP contribution in [-0.4, -0.2) is 82.9 Å². The van der Waals surface area contributed by atoms with Crippen molar-refractivity contribution in [3.05, 3.63) is 53.6 Å². The molecule has 2 aliphatic rings. The highest BCUT2D eigenvalue weighted by Gasteiger charge is 2.36. The average molecular weight is 607 g/mol. The van der Waals surface area contributed by atoms with E-state index in [4.69, 9.17) is 0 Å². The number of rotatable bonds is 9. The zero-order valence-corrected chi connectivity index (χ0v) is 23.8. The van der Waals surface area contributed by atoms with E-state index in [1.54, 1.807) is 0 Å². The van der Waals surface area contributed by atoms with Gasteiger partial charge in [0.1, 0.15) is 0 Å². The Balaban J connectivity index is 1.14. The first-order valence-corrected chi connectivity index (χ1v) is 15.6. The third-order valence-corrected chi connectivity index (χ3v) is 8.93. The number of piperazine rings is 1. The summed E-state index contributed by atoms with van der Waals surface area (Å²) in [6.45, 7) is 6.83. The molecule has 2 heterocycles. The van der Waals surface area contributed by atoms with Gasteiger partial charge in [0.05, 0.1) is 16.0 Å². The Labute approximate surface area is 237 Å². The van der Waals surface area contributed by atoms with Crippen LogP contribution in [0.1, 0.15) is 36.8 Å². The molecule has 2 saturated heterocycles. The van der Waals surface area contributed by atoms with Gasteiger partial charge in [-0.15, -0.1) is 0 Å².